The highest BCUT2D eigenvalue weighted by Crippen LogP contribution is 2.77. The highest BCUT2D eigenvalue weighted by atomic mass is 15.2. The van der Waals surface area contributed by atoms with Crippen LogP contribution >= 0.6 is 0 Å². The van der Waals surface area contributed by atoms with Gasteiger partial charge >= 0.3 is 0 Å². The number of anilines is 3. The fourth-order valence-corrected chi connectivity index (χ4v) is 23.4. The molecule has 1 spiro atoms. The molecular weight excluding hydrogens is 1150 g/mol. The van der Waals surface area contributed by atoms with Crippen molar-refractivity contribution in [2.45, 2.75) is 94.3 Å². The van der Waals surface area contributed by atoms with Gasteiger partial charge < -0.3 is 4.90 Å². The molecular formula is C94H72BN. The summed E-state index contributed by atoms with van der Waals surface area (Å²) < 4.78 is 0. The molecule has 13 aromatic rings. The third-order valence-electron chi connectivity index (χ3n) is 27.0. The first-order valence-electron chi connectivity index (χ1n) is 36.5. The van der Waals surface area contributed by atoms with Crippen LogP contribution in [0.1, 0.15) is 117 Å². The summed E-state index contributed by atoms with van der Waals surface area (Å²) >= 11 is 0. The van der Waals surface area contributed by atoms with Crippen LogP contribution in [0.2, 0.25) is 0 Å². The monoisotopic (exact) mass is 1230 g/mol. The van der Waals surface area contributed by atoms with Crippen molar-refractivity contribution >= 4 is 61.7 Å². The molecule has 23 rings (SSSR count). The zero-order valence-electron chi connectivity index (χ0n) is 54.2. The van der Waals surface area contributed by atoms with E-state index >= 15 is 0 Å². The van der Waals surface area contributed by atoms with Gasteiger partial charge in [-0.3, -0.25) is 0 Å². The van der Waals surface area contributed by atoms with Gasteiger partial charge in [0, 0.05) is 22.5 Å². The Kier molecular flexibility index (Phi) is 11.0. The second-order valence-electron chi connectivity index (χ2n) is 31.2. The average Bonchev–Trinajstić information content (AvgIpc) is 1.01. The van der Waals surface area contributed by atoms with Gasteiger partial charge in [0.15, 0.2) is 0 Å². The zero-order valence-corrected chi connectivity index (χ0v) is 54.2. The van der Waals surface area contributed by atoms with Crippen molar-refractivity contribution in [2.24, 2.45) is 29.1 Å². The number of hydrogen-bond donors (Lipinski definition) is 0. The summed E-state index contributed by atoms with van der Waals surface area (Å²) in [6, 6.07) is 100. The largest absolute Gasteiger partial charge is 0.310 e. The van der Waals surface area contributed by atoms with Crippen molar-refractivity contribution in [1.29, 1.82) is 0 Å². The van der Waals surface area contributed by atoms with Crippen LogP contribution in [0, 0.1) is 29.1 Å². The summed E-state index contributed by atoms with van der Waals surface area (Å²) in [4.78, 5) is 2.85. The van der Waals surface area contributed by atoms with E-state index in [9.17, 15) is 0 Å². The van der Waals surface area contributed by atoms with Crippen LogP contribution in [-0.2, 0) is 0 Å². The molecule has 96 heavy (non-hydrogen) atoms. The summed E-state index contributed by atoms with van der Waals surface area (Å²) in [5.41, 5.74) is 39.3. The van der Waals surface area contributed by atoms with Crippen molar-refractivity contribution < 1.29 is 0 Å². The van der Waals surface area contributed by atoms with Gasteiger partial charge in [-0.2, -0.15) is 0 Å². The Hall–Kier alpha value is -9.76. The molecule has 7 aliphatic carbocycles. The van der Waals surface area contributed by atoms with Gasteiger partial charge in [0.25, 0.3) is 0 Å². The second kappa shape index (κ2) is 19.7. The maximum Gasteiger partial charge on any atom is 0.249 e. The second-order valence-corrected chi connectivity index (χ2v) is 31.2. The molecule has 3 aliphatic heterocycles. The predicted molar refractivity (Wildman–Crippen MR) is 401 cm³/mol. The van der Waals surface area contributed by atoms with E-state index < -0.39 is 0 Å². The van der Waals surface area contributed by atoms with E-state index in [1.807, 2.05) is 0 Å². The van der Waals surface area contributed by atoms with Crippen molar-refractivity contribution in [3.63, 3.8) is 0 Å². The smallest absolute Gasteiger partial charge is 0.249 e. The lowest BCUT2D eigenvalue weighted by Gasteiger charge is -2.48. The van der Waals surface area contributed by atoms with Gasteiger partial charge in [0.1, 0.15) is 0 Å². The summed E-state index contributed by atoms with van der Waals surface area (Å²) in [7, 11) is 0. The van der Waals surface area contributed by atoms with Gasteiger partial charge in [0.05, 0.1) is 5.69 Å². The molecule has 9 atom stereocenters. The first-order chi connectivity index (χ1) is 47.5. The maximum absolute atomic E-state index is 2.88. The molecule has 0 amide bonds. The standard InChI is InChI=1S/C94H72BN/c1-7-20-54(21-8-1)63-43-73(56-24-11-3-12-25-56)86(74(44-63)57-26-13-4-14-27-57)66-47-81-79-50-75-61-33-19-32-60-38-65(40-62(60)39-61)85(75)71-34-36-83-91(88(71)79)95-90(81)82(48-66)80-51-76-67-41-69-49-70-42-68(53-94(69,70)52-67)87(76)72-35-37-84(92(95)89(72)80)96(83)93-77(58-28-15-5-16-29-58)45-64(55-22-9-2-10-23-55)46-78(93)59-30-17-6-18-31-59/h1-18,20-31,34-37,43-48,50-51,60-62,65,67-70H,19,32-33,38-42,49,52-53H2. The van der Waals surface area contributed by atoms with Crippen LogP contribution in [0.25, 0.3) is 122 Å². The Morgan fingerprint density at radius 3 is 1.27 bits per heavy atom. The lowest BCUT2D eigenvalue weighted by atomic mass is 9.29. The van der Waals surface area contributed by atoms with Crippen molar-refractivity contribution in [1.82, 2.24) is 0 Å². The highest BCUT2D eigenvalue weighted by molar-refractivity contribution is 7.03. The lowest BCUT2D eigenvalue weighted by molar-refractivity contribution is 0.00322. The minimum atomic E-state index is 0.0201. The molecule has 13 aromatic carbocycles. The molecule has 6 bridgehead atoms. The van der Waals surface area contributed by atoms with Crippen molar-refractivity contribution in [3.05, 3.63) is 277 Å². The fourth-order valence-electron chi connectivity index (χ4n) is 23.4. The number of fused-ring (bicyclic) bond motifs is 14. The first kappa shape index (κ1) is 53.5. The van der Waals surface area contributed by atoms with Gasteiger partial charge in [-0.05, 0) is 315 Å². The molecule has 10 aliphatic rings. The van der Waals surface area contributed by atoms with E-state index in [-0.39, 0.29) is 6.71 Å². The van der Waals surface area contributed by atoms with Crippen molar-refractivity contribution in [2.75, 3.05) is 4.90 Å². The van der Waals surface area contributed by atoms with E-state index in [1.165, 1.54) is 215 Å². The molecule has 0 aromatic heterocycles. The Balaban J connectivity index is 0.895. The molecule has 5 fully saturated rings. The lowest BCUT2D eigenvalue weighted by Crippen LogP contribution is -2.61. The minimum absolute atomic E-state index is 0.0201. The molecule has 3 heterocycles. The molecule has 5 saturated carbocycles. The molecule has 9 unspecified atom stereocenters. The summed E-state index contributed by atoms with van der Waals surface area (Å²) in [6.45, 7) is 0.0201. The molecule has 0 saturated heterocycles. The number of rotatable bonds is 8. The first-order valence-corrected chi connectivity index (χ1v) is 36.5. The summed E-state index contributed by atoms with van der Waals surface area (Å²) in [5, 5.41) is 6.12. The molecule has 1 nitrogen and oxygen atoms in total. The third kappa shape index (κ3) is 7.23. The third-order valence-corrected chi connectivity index (χ3v) is 27.0. The van der Waals surface area contributed by atoms with E-state index in [2.05, 4.69) is 260 Å². The van der Waals surface area contributed by atoms with Gasteiger partial charge in [0.2, 0.25) is 6.71 Å². The number of benzene rings is 13. The minimum Gasteiger partial charge on any atom is -0.310 e. The topological polar surface area (TPSA) is 3.24 Å². The summed E-state index contributed by atoms with van der Waals surface area (Å²) in [6.07, 6.45) is 14.9. The van der Waals surface area contributed by atoms with Gasteiger partial charge in [-0.25, -0.2) is 0 Å². The average molecular weight is 1230 g/mol. The fraction of sp³-hybridized carbons (Fsp3) is 0.213. The Morgan fingerprint density at radius 1 is 0.312 bits per heavy atom. The normalized spacial score (nSPS) is 24.0. The van der Waals surface area contributed by atoms with Crippen LogP contribution in [0.4, 0.5) is 17.1 Å². The van der Waals surface area contributed by atoms with Gasteiger partial charge in [-0.15, -0.1) is 0 Å². The van der Waals surface area contributed by atoms with Crippen LogP contribution in [0.3, 0.4) is 0 Å². The van der Waals surface area contributed by atoms with Crippen LogP contribution < -0.4 is 21.3 Å². The summed E-state index contributed by atoms with van der Waals surface area (Å²) in [5.74, 6) is 5.76. The predicted octanol–water partition coefficient (Wildman–Crippen LogP) is 23.1. The number of hydrogen-bond acceptors (Lipinski definition) is 1. The molecule has 456 valence electrons. The van der Waals surface area contributed by atoms with E-state index in [1.54, 1.807) is 33.0 Å². The highest BCUT2D eigenvalue weighted by Gasteiger charge is 2.66. The van der Waals surface area contributed by atoms with Crippen LogP contribution in [0.15, 0.2) is 255 Å². The Morgan fingerprint density at radius 2 is 0.740 bits per heavy atom. The quantitative estimate of drug-likeness (QED) is 0.137. The molecule has 2 heteroatoms. The van der Waals surface area contributed by atoms with Crippen molar-refractivity contribution in [3.8, 4) is 100 Å². The maximum atomic E-state index is 2.88. The molecule has 0 radical (unpaired) electrons. The Labute approximate surface area is 563 Å². The van der Waals surface area contributed by atoms with E-state index in [4.69, 9.17) is 0 Å². The SMILES string of the molecule is c1ccc(-c2cc(-c3ccccc3)c(-c3cc4c5c(c3)-c3cc6c(c7ccc8c(c37)B5c3c(ccc5c7c(cc-4c35)C3CCCC4CC7CC4C3)N8c3c(-c4ccccc4)cc(-c4ccccc4)cc3-c3ccccc3)C3CC4CC5CC6CC54C3)c(-c3ccccc3)c2)cc1. The Bertz CT molecular complexity index is 5260. The van der Waals surface area contributed by atoms with Gasteiger partial charge in [-0.1, -0.05) is 212 Å². The number of nitrogens with zero attached hydrogens (tertiary/aromatic N) is 1. The van der Waals surface area contributed by atoms with E-state index in [0.717, 1.165) is 23.7 Å². The van der Waals surface area contributed by atoms with E-state index in [0.29, 0.717) is 29.1 Å². The zero-order chi connectivity index (χ0) is 62.2. The van der Waals surface area contributed by atoms with Crippen LogP contribution in [0.5, 0.6) is 0 Å². The van der Waals surface area contributed by atoms with Crippen LogP contribution in [-0.4, -0.2) is 6.71 Å². The molecule has 0 N–H and O–H groups in total.